The Balaban J connectivity index is 2.08. The molecule has 0 unspecified atom stereocenters. The molecule has 0 spiro atoms. The maximum absolute atomic E-state index is 11.8. The smallest absolute Gasteiger partial charge is 0.252 e. The summed E-state index contributed by atoms with van der Waals surface area (Å²) in [6.45, 7) is 2.73. The molecule has 0 aromatic heterocycles. The van der Waals surface area contributed by atoms with Gasteiger partial charge < -0.3 is 9.64 Å². The Hall–Kier alpha value is -2.13. The van der Waals surface area contributed by atoms with Crippen molar-refractivity contribution in [2.24, 2.45) is 0 Å². The highest BCUT2D eigenvalue weighted by atomic mass is 16.5. The number of nitrogens with zero attached hydrogens (tertiary/aromatic N) is 1. The van der Waals surface area contributed by atoms with Crippen LogP contribution in [0.3, 0.4) is 0 Å². The fraction of sp³-hybridized carbons (Fsp3) is 0.235. The fourth-order valence-corrected chi connectivity index (χ4v) is 2.57. The molecule has 0 bridgehead atoms. The monoisotopic (exact) mass is 267 g/mol. The fourth-order valence-electron chi connectivity index (χ4n) is 2.57. The molecule has 0 saturated carbocycles. The molecule has 0 fully saturated rings. The summed E-state index contributed by atoms with van der Waals surface area (Å²) in [6.07, 6.45) is 0. The third kappa shape index (κ3) is 2.21. The Morgan fingerprint density at radius 3 is 2.70 bits per heavy atom. The predicted octanol–water partition coefficient (Wildman–Crippen LogP) is 3.16. The molecule has 3 nitrogen and oxygen atoms in total. The first-order valence-corrected chi connectivity index (χ1v) is 6.70. The second-order valence-electron chi connectivity index (χ2n) is 5.10. The van der Waals surface area contributed by atoms with Crippen molar-refractivity contribution in [3.05, 3.63) is 53.6 Å². The number of likely N-dealkylation sites (N-methyl/N-ethyl adjacent to an activating group) is 1. The number of carbonyl (C=O) groups excluding carboxylic acids is 1. The van der Waals surface area contributed by atoms with Crippen molar-refractivity contribution >= 4 is 11.6 Å². The summed E-state index contributed by atoms with van der Waals surface area (Å²) < 4.78 is 5.43. The third-order valence-corrected chi connectivity index (χ3v) is 3.75. The molecule has 0 N–H and O–H groups in total. The van der Waals surface area contributed by atoms with E-state index in [1.165, 1.54) is 11.1 Å². The zero-order chi connectivity index (χ0) is 14.1. The molecular formula is C17H17NO2. The zero-order valence-corrected chi connectivity index (χ0v) is 11.7. The van der Waals surface area contributed by atoms with Crippen LogP contribution in [0.15, 0.2) is 42.5 Å². The van der Waals surface area contributed by atoms with Crippen LogP contribution in [0.25, 0.3) is 11.1 Å². The van der Waals surface area contributed by atoms with E-state index in [1.54, 1.807) is 11.9 Å². The number of carbonyl (C=O) groups is 1. The van der Waals surface area contributed by atoms with Crippen LogP contribution in [0.4, 0.5) is 5.69 Å². The van der Waals surface area contributed by atoms with E-state index in [2.05, 4.69) is 31.2 Å². The molecule has 1 aliphatic heterocycles. The largest absolute Gasteiger partial charge is 0.367 e. The van der Waals surface area contributed by atoms with Gasteiger partial charge in [0.05, 0.1) is 6.61 Å². The van der Waals surface area contributed by atoms with Crippen LogP contribution in [0.1, 0.15) is 11.1 Å². The van der Waals surface area contributed by atoms with E-state index in [4.69, 9.17) is 4.74 Å². The van der Waals surface area contributed by atoms with E-state index >= 15 is 0 Å². The number of ether oxygens (including phenoxy) is 1. The van der Waals surface area contributed by atoms with Gasteiger partial charge in [0.1, 0.15) is 6.61 Å². The number of benzene rings is 2. The summed E-state index contributed by atoms with van der Waals surface area (Å²) >= 11 is 0. The molecule has 102 valence electrons. The van der Waals surface area contributed by atoms with Crippen LogP contribution >= 0.6 is 0 Å². The predicted molar refractivity (Wildman–Crippen MR) is 79.7 cm³/mol. The van der Waals surface area contributed by atoms with Crippen molar-refractivity contribution in [3.63, 3.8) is 0 Å². The van der Waals surface area contributed by atoms with E-state index in [0.29, 0.717) is 6.61 Å². The van der Waals surface area contributed by atoms with Crippen molar-refractivity contribution in [1.82, 2.24) is 0 Å². The first-order valence-electron chi connectivity index (χ1n) is 6.70. The summed E-state index contributed by atoms with van der Waals surface area (Å²) in [5.74, 6) is -0.00704. The summed E-state index contributed by atoms with van der Waals surface area (Å²) in [5, 5.41) is 0. The molecule has 2 aromatic rings. The molecular weight excluding hydrogens is 250 g/mol. The van der Waals surface area contributed by atoms with Gasteiger partial charge in [-0.3, -0.25) is 4.79 Å². The van der Waals surface area contributed by atoms with Crippen molar-refractivity contribution in [3.8, 4) is 11.1 Å². The van der Waals surface area contributed by atoms with E-state index < -0.39 is 0 Å². The second kappa shape index (κ2) is 5.10. The summed E-state index contributed by atoms with van der Waals surface area (Å²) in [5.41, 5.74) is 5.61. The number of amides is 1. The standard InChI is InChI=1S/C17H17NO2/c1-12-5-3-4-6-15(12)13-7-8-16-14(9-13)10-20-11-17(19)18(16)2/h3-9H,10-11H2,1-2H3. The van der Waals surface area contributed by atoms with Crippen LogP contribution < -0.4 is 4.90 Å². The number of fused-ring (bicyclic) bond motifs is 1. The van der Waals surface area contributed by atoms with Gasteiger partial charge in [0, 0.05) is 18.3 Å². The second-order valence-corrected chi connectivity index (χ2v) is 5.10. The molecule has 1 heterocycles. The number of rotatable bonds is 1. The molecule has 3 heteroatoms. The van der Waals surface area contributed by atoms with E-state index in [-0.39, 0.29) is 12.5 Å². The minimum atomic E-state index is -0.00704. The van der Waals surface area contributed by atoms with Crippen LogP contribution in [0.5, 0.6) is 0 Å². The zero-order valence-electron chi connectivity index (χ0n) is 11.7. The highest BCUT2D eigenvalue weighted by Crippen LogP contribution is 2.30. The molecule has 1 aliphatic rings. The van der Waals surface area contributed by atoms with Crippen molar-refractivity contribution < 1.29 is 9.53 Å². The Kier molecular flexibility index (Phi) is 3.28. The van der Waals surface area contributed by atoms with Gasteiger partial charge in [-0.05, 0) is 35.7 Å². The van der Waals surface area contributed by atoms with Crippen LogP contribution in [-0.4, -0.2) is 19.6 Å². The van der Waals surface area contributed by atoms with E-state index in [1.807, 2.05) is 18.2 Å². The molecule has 1 amide bonds. The summed E-state index contributed by atoms with van der Waals surface area (Å²) in [4.78, 5) is 13.5. The van der Waals surface area contributed by atoms with Gasteiger partial charge in [-0.2, -0.15) is 0 Å². The lowest BCUT2D eigenvalue weighted by Crippen LogP contribution is -2.28. The first-order chi connectivity index (χ1) is 9.66. The van der Waals surface area contributed by atoms with E-state index in [0.717, 1.165) is 16.8 Å². The SMILES string of the molecule is Cc1ccccc1-c1ccc2c(c1)COCC(=O)N2C. The van der Waals surface area contributed by atoms with Crippen LogP contribution in [-0.2, 0) is 16.1 Å². The normalized spacial score (nSPS) is 14.9. The van der Waals surface area contributed by atoms with Gasteiger partial charge in [-0.1, -0.05) is 30.3 Å². The third-order valence-electron chi connectivity index (χ3n) is 3.75. The highest BCUT2D eigenvalue weighted by molar-refractivity contribution is 5.95. The number of hydrogen-bond acceptors (Lipinski definition) is 2. The molecule has 20 heavy (non-hydrogen) atoms. The van der Waals surface area contributed by atoms with Crippen LogP contribution in [0.2, 0.25) is 0 Å². The van der Waals surface area contributed by atoms with Crippen molar-refractivity contribution in [2.45, 2.75) is 13.5 Å². The minimum Gasteiger partial charge on any atom is -0.367 e. The first kappa shape index (κ1) is 12.9. The Morgan fingerprint density at radius 2 is 1.90 bits per heavy atom. The average Bonchev–Trinajstić information content (AvgIpc) is 2.59. The number of anilines is 1. The topological polar surface area (TPSA) is 29.5 Å². The molecule has 3 rings (SSSR count). The van der Waals surface area contributed by atoms with Gasteiger partial charge in [0.25, 0.3) is 5.91 Å². The van der Waals surface area contributed by atoms with Gasteiger partial charge in [-0.25, -0.2) is 0 Å². The lowest BCUT2D eigenvalue weighted by atomic mass is 9.98. The van der Waals surface area contributed by atoms with Gasteiger partial charge >= 0.3 is 0 Å². The molecule has 0 atom stereocenters. The molecule has 0 radical (unpaired) electrons. The molecule has 2 aromatic carbocycles. The lowest BCUT2D eigenvalue weighted by Gasteiger charge is -2.17. The average molecular weight is 267 g/mol. The Labute approximate surface area is 118 Å². The summed E-state index contributed by atoms with van der Waals surface area (Å²) in [6, 6.07) is 14.5. The van der Waals surface area contributed by atoms with Gasteiger partial charge in [-0.15, -0.1) is 0 Å². The van der Waals surface area contributed by atoms with Gasteiger partial charge in [0.15, 0.2) is 0 Å². The Bertz CT molecular complexity index is 664. The molecule has 0 aliphatic carbocycles. The summed E-state index contributed by atoms with van der Waals surface area (Å²) in [7, 11) is 1.79. The number of hydrogen-bond donors (Lipinski definition) is 0. The van der Waals surface area contributed by atoms with Crippen LogP contribution in [0, 0.1) is 6.92 Å². The maximum Gasteiger partial charge on any atom is 0.252 e. The quantitative estimate of drug-likeness (QED) is 0.794. The highest BCUT2D eigenvalue weighted by Gasteiger charge is 2.19. The van der Waals surface area contributed by atoms with Crippen molar-refractivity contribution in [1.29, 1.82) is 0 Å². The lowest BCUT2D eigenvalue weighted by molar-refractivity contribution is -0.122. The van der Waals surface area contributed by atoms with E-state index in [9.17, 15) is 4.79 Å². The van der Waals surface area contributed by atoms with Gasteiger partial charge in [0.2, 0.25) is 0 Å². The Morgan fingerprint density at radius 1 is 1.10 bits per heavy atom. The minimum absolute atomic E-state index is 0.00704. The molecule has 0 saturated heterocycles. The number of aryl methyl sites for hydroxylation is 1. The van der Waals surface area contributed by atoms with Crippen molar-refractivity contribution in [2.75, 3.05) is 18.6 Å². The maximum atomic E-state index is 11.8.